The van der Waals surface area contributed by atoms with E-state index in [0.29, 0.717) is 17.3 Å². The van der Waals surface area contributed by atoms with Gasteiger partial charge in [-0.15, -0.1) is 0 Å². The Morgan fingerprint density at radius 2 is 1.94 bits per heavy atom. The third-order valence-corrected chi connectivity index (χ3v) is 3.83. The lowest BCUT2D eigenvalue weighted by molar-refractivity contribution is -0.145. The fraction of sp³-hybridized carbons (Fsp3) is 0.929. The molecule has 0 aromatic carbocycles. The van der Waals surface area contributed by atoms with Gasteiger partial charge in [-0.25, -0.2) is 0 Å². The zero-order valence-electron chi connectivity index (χ0n) is 11.1. The molecule has 2 heteroatoms. The van der Waals surface area contributed by atoms with Crippen molar-refractivity contribution in [2.75, 3.05) is 0 Å². The van der Waals surface area contributed by atoms with Crippen LogP contribution in [0.1, 0.15) is 59.8 Å². The molecule has 0 saturated heterocycles. The van der Waals surface area contributed by atoms with Crippen LogP contribution in [-0.4, -0.2) is 11.1 Å². The first-order chi connectivity index (χ1) is 7.29. The van der Waals surface area contributed by atoms with Crippen LogP contribution in [0.3, 0.4) is 0 Å². The number of hydrogen-bond acceptors (Lipinski definition) is 1. The van der Waals surface area contributed by atoms with Crippen molar-refractivity contribution in [1.29, 1.82) is 0 Å². The second-order valence-electron chi connectivity index (χ2n) is 6.72. The summed E-state index contributed by atoms with van der Waals surface area (Å²) in [6.45, 7) is 8.95. The quantitative estimate of drug-likeness (QED) is 0.791. The molecule has 1 rings (SSSR count). The second-order valence-corrected chi connectivity index (χ2v) is 6.72. The summed E-state index contributed by atoms with van der Waals surface area (Å²) >= 11 is 0. The minimum atomic E-state index is -0.578. The number of aliphatic carboxylic acids is 1. The van der Waals surface area contributed by atoms with Crippen molar-refractivity contribution in [2.45, 2.75) is 59.8 Å². The van der Waals surface area contributed by atoms with E-state index in [-0.39, 0.29) is 5.92 Å². The van der Waals surface area contributed by atoms with Crippen molar-refractivity contribution in [3.63, 3.8) is 0 Å². The number of hydrogen-bond donors (Lipinski definition) is 1. The molecule has 1 aliphatic rings. The highest BCUT2D eigenvalue weighted by atomic mass is 16.4. The van der Waals surface area contributed by atoms with Gasteiger partial charge in [0.05, 0.1) is 5.92 Å². The molecular weight excluding hydrogens is 200 g/mol. The van der Waals surface area contributed by atoms with Crippen molar-refractivity contribution in [1.82, 2.24) is 0 Å². The Bertz CT molecular complexity index is 240. The molecule has 0 heterocycles. The molecule has 2 nitrogen and oxygen atoms in total. The van der Waals surface area contributed by atoms with E-state index in [1.165, 1.54) is 0 Å². The van der Waals surface area contributed by atoms with Gasteiger partial charge in [0.25, 0.3) is 0 Å². The molecule has 16 heavy (non-hydrogen) atoms. The van der Waals surface area contributed by atoms with E-state index < -0.39 is 5.97 Å². The monoisotopic (exact) mass is 226 g/mol. The maximum absolute atomic E-state index is 11.2. The highest BCUT2D eigenvalue weighted by Crippen LogP contribution is 2.38. The largest absolute Gasteiger partial charge is 0.481 e. The molecule has 0 aromatic rings. The standard InChI is InChI=1S/C14H26O2/c1-10-5-6-12(13(15)16)11(9-10)7-8-14(2,3)4/h10-12H,5-9H2,1-4H3,(H,15,16). The third-order valence-electron chi connectivity index (χ3n) is 3.83. The highest BCUT2D eigenvalue weighted by Gasteiger charge is 2.33. The van der Waals surface area contributed by atoms with E-state index in [4.69, 9.17) is 0 Å². The average molecular weight is 226 g/mol. The third kappa shape index (κ3) is 4.15. The number of rotatable bonds is 3. The zero-order valence-corrected chi connectivity index (χ0v) is 11.1. The summed E-state index contributed by atoms with van der Waals surface area (Å²) in [6.07, 6.45) is 5.28. The van der Waals surface area contributed by atoms with Gasteiger partial charge in [0.1, 0.15) is 0 Å². The van der Waals surface area contributed by atoms with Gasteiger partial charge < -0.3 is 5.11 Å². The first-order valence-corrected chi connectivity index (χ1v) is 6.52. The minimum absolute atomic E-state index is 0.0847. The zero-order chi connectivity index (χ0) is 12.3. The van der Waals surface area contributed by atoms with Crippen LogP contribution in [0.15, 0.2) is 0 Å². The Hall–Kier alpha value is -0.530. The highest BCUT2D eigenvalue weighted by molar-refractivity contribution is 5.70. The predicted octanol–water partition coefficient (Wildman–Crippen LogP) is 3.95. The first kappa shape index (κ1) is 13.5. The molecule has 0 radical (unpaired) electrons. The van der Waals surface area contributed by atoms with Gasteiger partial charge in [-0.05, 0) is 49.4 Å². The average Bonchev–Trinajstić information content (AvgIpc) is 2.13. The lowest BCUT2D eigenvalue weighted by Crippen LogP contribution is -2.30. The summed E-state index contributed by atoms with van der Waals surface area (Å²) in [5.41, 5.74) is 0.323. The van der Waals surface area contributed by atoms with Crippen molar-refractivity contribution in [2.24, 2.45) is 23.2 Å². The summed E-state index contributed by atoms with van der Waals surface area (Å²) in [4.78, 5) is 11.2. The maximum Gasteiger partial charge on any atom is 0.306 e. The fourth-order valence-electron chi connectivity index (χ4n) is 2.76. The van der Waals surface area contributed by atoms with Gasteiger partial charge in [-0.1, -0.05) is 27.7 Å². The van der Waals surface area contributed by atoms with Gasteiger partial charge in [-0.2, -0.15) is 0 Å². The van der Waals surface area contributed by atoms with Gasteiger partial charge in [0, 0.05) is 0 Å². The topological polar surface area (TPSA) is 37.3 Å². The summed E-state index contributed by atoms with van der Waals surface area (Å²) in [7, 11) is 0. The first-order valence-electron chi connectivity index (χ1n) is 6.52. The SMILES string of the molecule is CC1CCC(C(=O)O)C(CCC(C)(C)C)C1. The van der Waals surface area contributed by atoms with E-state index in [0.717, 1.165) is 32.1 Å². The van der Waals surface area contributed by atoms with Gasteiger partial charge >= 0.3 is 5.97 Å². The number of carboxylic acids is 1. The van der Waals surface area contributed by atoms with Crippen LogP contribution >= 0.6 is 0 Å². The lowest BCUT2D eigenvalue weighted by atomic mass is 9.71. The van der Waals surface area contributed by atoms with Crippen LogP contribution < -0.4 is 0 Å². The lowest BCUT2D eigenvalue weighted by Gasteiger charge is -2.34. The van der Waals surface area contributed by atoms with Crippen LogP contribution in [0.2, 0.25) is 0 Å². The molecule has 0 aromatic heterocycles. The summed E-state index contributed by atoms with van der Waals surface area (Å²) in [6, 6.07) is 0. The molecule has 1 aliphatic carbocycles. The normalized spacial score (nSPS) is 31.4. The summed E-state index contributed by atoms with van der Waals surface area (Å²) in [5.74, 6) is 0.449. The Balaban J connectivity index is 2.54. The van der Waals surface area contributed by atoms with E-state index >= 15 is 0 Å². The molecule has 1 saturated carbocycles. The van der Waals surface area contributed by atoms with Crippen molar-refractivity contribution >= 4 is 5.97 Å². The Morgan fingerprint density at radius 1 is 1.31 bits per heavy atom. The molecule has 94 valence electrons. The van der Waals surface area contributed by atoms with Gasteiger partial charge in [0.15, 0.2) is 0 Å². The van der Waals surface area contributed by atoms with Crippen LogP contribution in [0.4, 0.5) is 0 Å². The molecule has 3 atom stereocenters. The Morgan fingerprint density at radius 3 is 2.44 bits per heavy atom. The predicted molar refractivity (Wildman–Crippen MR) is 66.3 cm³/mol. The summed E-state index contributed by atoms with van der Waals surface area (Å²) < 4.78 is 0. The van der Waals surface area contributed by atoms with Crippen molar-refractivity contribution in [3.8, 4) is 0 Å². The molecule has 0 amide bonds. The molecule has 1 fully saturated rings. The van der Waals surface area contributed by atoms with Crippen LogP contribution in [0, 0.1) is 23.2 Å². The second kappa shape index (κ2) is 5.20. The van der Waals surface area contributed by atoms with Crippen LogP contribution in [0.25, 0.3) is 0 Å². The van der Waals surface area contributed by atoms with Crippen molar-refractivity contribution in [3.05, 3.63) is 0 Å². The van der Waals surface area contributed by atoms with Crippen LogP contribution in [-0.2, 0) is 4.79 Å². The van der Waals surface area contributed by atoms with E-state index in [1.807, 2.05) is 0 Å². The molecule has 0 spiro atoms. The van der Waals surface area contributed by atoms with Gasteiger partial charge in [0.2, 0.25) is 0 Å². The summed E-state index contributed by atoms with van der Waals surface area (Å²) in [5, 5.41) is 9.22. The minimum Gasteiger partial charge on any atom is -0.481 e. The smallest absolute Gasteiger partial charge is 0.306 e. The number of carbonyl (C=O) groups is 1. The molecule has 0 aliphatic heterocycles. The van der Waals surface area contributed by atoms with E-state index in [9.17, 15) is 9.90 Å². The maximum atomic E-state index is 11.2. The Labute approximate surface area is 99.4 Å². The van der Waals surface area contributed by atoms with Crippen molar-refractivity contribution < 1.29 is 9.90 Å². The molecular formula is C14H26O2. The Kier molecular flexibility index (Phi) is 4.40. The molecule has 1 N–H and O–H groups in total. The van der Waals surface area contributed by atoms with E-state index in [1.54, 1.807) is 0 Å². The van der Waals surface area contributed by atoms with E-state index in [2.05, 4.69) is 27.7 Å². The van der Waals surface area contributed by atoms with Crippen LogP contribution in [0.5, 0.6) is 0 Å². The van der Waals surface area contributed by atoms with Gasteiger partial charge in [-0.3, -0.25) is 4.79 Å². The fourth-order valence-corrected chi connectivity index (χ4v) is 2.76. The number of carboxylic acid groups (broad SMARTS) is 1. The molecule has 0 bridgehead atoms. The molecule has 3 unspecified atom stereocenters.